The zero-order valence-corrected chi connectivity index (χ0v) is 14.9. The van der Waals surface area contributed by atoms with Gasteiger partial charge in [0.25, 0.3) is 0 Å². The summed E-state index contributed by atoms with van der Waals surface area (Å²) in [7, 11) is 1.62. The molecule has 1 heterocycles. The molecule has 0 saturated heterocycles. The molecule has 0 radical (unpaired) electrons. The Morgan fingerprint density at radius 3 is 2.56 bits per heavy atom. The van der Waals surface area contributed by atoms with Gasteiger partial charge < -0.3 is 23.7 Å². The van der Waals surface area contributed by atoms with E-state index in [4.69, 9.17) is 23.7 Å². The largest absolute Gasteiger partial charge is 0.493 e. The van der Waals surface area contributed by atoms with Gasteiger partial charge in [0.1, 0.15) is 0 Å². The standard InChI is InChI=1S/C20H24O5/c1-4-14(2)20(15-9-10-18-19(11-15)24-12-22-18)25-13-23-17-8-6-5-7-16(17)21-3/h5-11,14,20H,4,12-13H2,1-3H3. The fraction of sp³-hybridized carbons (Fsp3) is 0.400. The van der Waals surface area contributed by atoms with Gasteiger partial charge in [0.15, 0.2) is 29.8 Å². The summed E-state index contributed by atoms with van der Waals surface area (Å²) >= 11 is 0. The molecule has 1 aliphatic rings. The van der Waals surface area contributed by atoms with Crippen molar-refractivity contribution in [3.8, 4) is 23.0 Å². The van der Waals surface area contributed by atoms with Crippen LogP contribution in [0.2, 0.25) is 0 Å². The van der Waals surface area contributed by atoms with E-state index in [0.717, 1.165) is 23.5 Å². The van der Waals surface area contributed by atoms with Crippen LogP contribution in [0.3, 0.4) is 0 Å². The van der Waals surface area contributed by atoms with Gasteiger partial charge in [-0.1, -0.05) is 38.5 Å². The first-order valence-electron chi connectivity index (χ1n) is 8.50. The molecular formula is C20H24O5. The minimum absolute atomic E-state index is 0.0887. The molecular weight excluding hydrogens is 320 g/mol. The van der Waals surface area contributed by atoms with Crippen molar-refractivity contribution in [3.63, 3.8) is 0 Å². The molecule has 1 aliphatic heterocycles. The van der Waals surface area contributed by atoms with Crippen LogP contribution in [0.25, 0.3) is 0 Å². The maximum Gasteiger partial charge on any atom is 0.231 e. The summed E-state index contributed by atoms with van der Waals surface area (Å²) < 4.78 is 28.0. The lowest BCUT2D eigenvalue weighted by Gasteiger charge is -2.24. The third-order valence-electron chi connectivity index (χ3n) is 4.42. The molecule has 2 atom stereocenters. The SMILES string of the molecule is CCC(C)C(OCOc1ccccc1OC)c1ccc2c(c1)OCO2. The first kappa shape index (κ1) is 17.4. The third kappa shape index (κ3) is 3.99. The highest BCUT2D eigenvalue weighted by Gasteiger charge is 2.22. The van der Waals surface area contributed by atoms with Crippen molar-refractivity contribution in [2.75, 3.05) is 20.7 Å². The Morgan fingerprint density at radius 1 is 1.04 bits per heavy atom. The molecule has 2 aromatic rings. The van der Waals surface area contributed by atoms with Gasteiger partial charge in [0.2, 0.25) is 6.79 Å². The number of fused-ring (bicyclic) bond motifs is 1. The maximum atomic E-state index is 6.07. The van der Waals surface area contributed by atoms with Crippen molar-refractivity contribution < 1.29 is 23.7 Å². The molecule has 0 saturated carbocycles. The molecule has 0 amide bonds. The van der Waals surface area contributed by atoms with Crippen molar-refractivity contribution in [2.24, 2.45) is 5.92 Å². The molecule has 5 heteroatoms. The highest BCUT2D eigenvalue weighted by atomic mass is 16.7. The molecule has 25 heavy (non-hydrogen) atoms. The monoisotopic (exact) mass is 344 g/mol. The quantitative estimate of drug-likeness (QED) is 0.657. The zero-order chi connectivity index (χ0) is 17.6. The lowest BCUT2D eigenvalue weighted by molar-refractivity contribution is -0.0614. The van der Waals surface area contributed by atoms with E-state index in [1.807, 2.05) is 42.5 Å². The first-order chi connectivity index (χ1) is 12.2. The Balaban J connectivity index is 1.69. The first-order valence-corrected chi connectivity index (χ1v) is 8.50. The van der Waals surface area contributed by atoms with Crippen LogP contribution in [0.1, 0.15) is 31.9 Å². The summed E-state index contributed by atoms with van der Waals surface area (Å²) in [4.78, 5) is 0. The van der Waals surface area contributed by atoms with E-state index >= 15 is 0 Å². The molecule has 0 aromatic heterocycles. The van der Waals surface area contributed by atoms with Crippen LogP contribution in [0, 0.1) is 5.92 Å². The predicted octanol–water partition coefficient (Wildman–Crippen LogP) is 4.56. The lowest BCUT2D eigenvalue weighted by atomic mass is 9.95. The van der Waals surface area contributed by atoms with Gasteiger partial charge in [-0.05, 0) is 35.7 Å². The Hall–Kier alpha value is -2.40. The van der Waals surface area contributed by atoms with Gasteiger partial charge in [-0.25, -0.2) is 0 Å². The zero-order valence-electron chi connectivity index (χ0n) is 14.9. The maximum absolute atomic E-state index is 6.07. The second-order valence-corrected chi connectivity index (χ2v) is 6.00. The van der Waals surface area contributed by atoms with Crippen LogP contribution in [-0.2, 0) is 4.74 Å². The molecule has 0 N–H and O–H groups in total. The number of ether oxygens (including phenoxy) is 5. The molecule has 0 bridgehead atoms. The summed E-state index contributed by atoms with van der Waals surface area (Å²) in [5.74, 6) is 3.23. The minimum atomic E-state index is -0.0887. The van der Waals surface area contributed by atoms with Gasteiger partial charge in [-0.2, -0.15) is 0 Å². The third-order valence-corrected chi connectivity index (χ3v) is 4.42. The summed E-state index contributed by atoms with van der Waals surface area (Å²) in [6, 6.07) is 13.5. The fourth-order valence-electron chi connectivity index (χ4n) is 2.80. The Labute approximate surface area is 148 Å². The lowest BCUT2D eigenvalue weighted by Crippen LogP contribution is -2.16. The van der Waals surface area contributed by atoms with Crippen LogP contribution in [0.4, 0.5) is 0 Å². The summed E-state index contributed by atoms with van der Waals surface area (Å²) in [5.41, 5.74) is 1.06. The van der Waals surface area contributed by atoms with Crippen LogP contribution in [0.15, 0.2) is 42.5 Å². The normalized spacial score (nSPS) is 14.8. The van der Waals surface area contributed by atoms with Gasteiger partial charge in [0, 0.05) is 0 Å². The number of para-hydroxylation sites is 2. The molecule has 2 unspecified atom stereocenters. The van der Waals surface area contributed by atoms with Gasteiger partial charge in [-0.3, -0.25) is 0 Å². The van der Waals surface area contributed by atoms with Crippen LogP contribution >= 0.6 is 0 Å². The van der Waals surface area contributed by atoms with Crippen molar-refractivity contribution >= 4 is 0 Å². The smallest absolute Gasteiger partial charge is 0.231 e. The molecule has 134 valence electrons. The molecule has 5 nitrogen and oxygen atoms in total. The fourth-order valence-corrected chi connectivity index (χ4v) is 2.80. The molecule has 0 spiro atoms. The van der Waals surface area contributed by atoms with Crippen molar-refractivity contribution in [3.05, 3.63) is 48.0 Å². The van der Waals surface area contributed by atoms with E-state index in [2.05, 4.69) is 13.8 Å². The Morgan fingerprint density at radius 2 is 1.80 bits per heavy atom. The summed E-state index contributed by atoms with van der Waals surface area (Å²) in [5, 5.41) is 0. The predicted molar refractivity (Wildman–Crippen MR) is 94.3 cm³/mol. The van der Waals surface area contributed by atoms with Crippen LogP contribution in [0.5, 0.6) is 23.0 Å². The summed E-state index contributed by atoms with van der Waals surface area (Å²) in [6.45, 7) is 4.72. The van der Waals surface area contributed by atoms with E-state index in [9.17, 15) is 0 Å². The Kier molecular flexibility index (Phi) is 5.66. The number of benzene rings is 2. The number of rotatable bonds is 8. The van der Waals surface area contributed by atoms with Crippen molar-refractivity contribution in [1.29, 1.82) is 0 Å². The van der Waals surface area contributed by atoms with Crippen LogP contribution in [-0.4, -0.2) is 20.7 Å². The minimum Gasteiger partial charge on any atom is -0.493 e. The average Bonchev–Trinajstić information content (AvgIpc) is 3.12. The van der Waals surface area contributed by atoms with Crippen LogP contribution < -0.4 is 18.9 Å². The van der Waals surface area contributed by atoms with E-state index < -0.39 is 0 Å². The molecule has 3 rings (SSSR count). The number of methoxy groups -OCH3 is 1. The topological polar surface area (TPSA) is 46.2 Å². The second kappa shape index (κ2) is 8.12. The highest BCUT2D eigenvalue weighted by molar-refractivity contribution is 5.45. The molecule has 0 aliphatic carbocycles. The second-order valence-electron chi connectivity index (χ2n) is 6.00. The van der Waals surface area contributed by atoms with Gasteiger partial charge in [-0.15, -0.1) is 0 Å². The van der Waals surface area contributed by atoms with Crippen molar-refractivity contribution in [2.45, 2.75) is 26.4 Å². The van der Waals surface area contributed by atoms with E-state index in [1.165, 1.54) is 0 Å². The van der Waals surface area contributed by atoms with E-state index in [0.29, 0.717) is 17.4 Å². The number of hydrogen-bond donors (Lipinski definition) is 0. The van der Waals surface area contributed by atoms with Gasteiger partial charge in [0.05, 0.1) is 13.2 Å². The highest BCUT2D eigenvalue weighted by Crippen LogP contribution is 2.37. The molecule has 0 fully saturated rings. The Bertz CT molecular complexity index is 700. The summed E-state index contributed by atoms with van der Waals surface area (Å²) in [6.07, 6.45) is 0.905. The van der Waals surface area contributed by atoms with Gasteiger partial charge >= 0.3 is 0 Å². The molecule has 2 aromatic carbocycles. The number of hydrogen-bond acceptors (Lipinski definition) is 5. The van der Waals surface area contributed by atoms with E-state index in [-0.39, 0.29) is 19.7 Å². The van der Waals surface area contributed by atoms with E-state index in [1.54, 1.807) is 7.11 Å². The average molecular weight is 344 g/mol. The van der Waals surface area contributed by atoms with Crippen molar-refractivity contribution in [1.82, 2.24) is 0 Å².